The van der Waals surface area contributed by atoms with Crippen LogP contribution in [0.2, 0.25) is 5.15 Å². The lowest BCUT2D eigenvalue weighted by Crippen LogP contribution is -2.48. The molecule has 5 rings (SSSR count). The Hall–Kier alpha value is -2.21. The fourth-order valence-electron chi connectivity index (χ4n) is 4.36. The molecule has 0 bridgehead atoms. The highest BCUT2D eigenvalue weighted by Crippen LogP contribution is 2.32. The minimum Gasteiger partial charge on any atom is -0.489 e. The molecule has 2 aliphatic rings. The third kappa shape index (κ3) is 4.34. The van der Waals surface area contributed by atoms with E-state index in [0.717, 1.165) is 59.0 Å². The molecule has 1 fully saturated rings. The van der Waals surface area contributed by atoms with Gasteiger partial charge in [0.2, 0.25) is 0 Å². The fraction of sp³-hybridized carbons (Fsp3) is 0.400. The van der Waals surface area contributed by atoms with Crippen LogP contribution in [0.5, 0.6) is 11.5 Å². The van der Waals surface area contributed by atoms with Crippen LogP contribution in [0.3, 0.4) is 0 Å². The number of hydrogen-bond acceptors (Lipinski definition) is 4. The van der Waals surface area contributed by atoms with Crippen LogP contribution in [0, 0.1) is 5.92 Å². The van der Waals surface area contributed by atoms with Crippen molar-refractivity contribution >= 4 is 40.2 Å². The minimum atomic E-state index is 0.255. The van der Waals surface area contributed by atoms with Gasteiger partial charge in [-0.05, 0) is 61.2 Å². The third-order valence-electron chi connectivity index (χ3n) is 6.06. The normalized spacial score (nSPS) is 16.6. The number of alkyl halides is 1. The maximum Gasteiger partial charge on any atom is 0.158 e. The zero-order valence-corrected chi connectivity index (χ0v) is 19.9. The molecule has 0 radical (unpaired) electrons. The second-order valence-corrected chi connectivity index (χ2v) is 9.64. The number of fused-ring (bicyclic) bond motifs is 2. The summed E-state index contributed by atoms with van der Waals surface area (Å²) in [6.45, 7) is 8.37. The SMILES string of the molecule is CC(C)n1nc(Cl)c2cc(COc3ccc4c(c3)OCC(CN3CC(CCl)C3)=C4)ccc21. The van der Waals surface area contributed by atoms with E-state index in [2.05, 4.69) is 54.2 Å². The summed E-state index contributed by atoms with van der Waals surface area (Å²) in [5.74, 6) is 3.04. The van der Waals surface area contributed by atoms with Crippen LogP contribution in [0.15, 0.2) is 42.0 Å². The Bertz CT molecular complexity index is 1170. The van der Waals surface area contributed by atoms with E-state index in [1.54, 1.807) is 0 Å². The van der Waals surface area contributed by atoms with Gasteiger partial charge in [0.15, 0.2) is 5.15 Å². The number of likely N-dealkylation sites (tertiary alicyclic amines) is 1. The molecule has 0 atom stereocenters. The van der Waals surface area contributed by atoms with Gasteiger partial charge in [-0.15, -0.1) is 11.6 Å². The Morgan fingerprint density at radius 3 is 2.81 bits per heavy atom. The zero-order valence-electron chi connectivity index (χ0n) is 18.4. The molecule has 0 saturated carbocycles. The summed E-state index contributed by atoms with van der Waals surface area (Å²) >= 11 is 12.3. The highest BCUT2D eigenvalue weighted by atomic mass is 35.5. The highest BCUT2D eigenvalue weighted by molar-refractivity contribution is 6.34. The topological polar surface area (TPSA) is 39.5 Å². The van der Waals surface area contributed by atoms with Crippen LogP contribution in [-0.2, 0) is 6.61 Å². The van der Waals surface area contributed by atoms with Crippen molar-refractivity contribution < 1.29 is 9.47 Å². The van der Waals surface area contributed by atoms with Gasteiger partial charge in [-0.3, -0.25) is 9.58 Å². The van der Waals surface area contributed by atoms with E-state index < -0.39 is 0 Å². The zero-order chi connectivity index (χ0) is 22.2. The first kappa shape index (κ1) is 21.6. The summed E-state index contributed by atoms with van der Waals surface area (Å²) < 4.78 is 14.0. The number of ether oxygens (including phenoxy) is 2. The van der Waals surface area contributed by atoms with Gasteiger partial charge in [0, 0.05) is 48.6 Å². The molecule has 3 aromatic rings. The molecular formula is C25H27Cl2N3O2. The van der Waals surface area contributed by atoms with E-state index in [4.69, 9.17) is 32.7 Å². The number of halogens is 2. The summed E-state index contributed by atoms with van der Waals surface area (Å²) in [7, 11) is 0. The molecule has 1 aromatic heterocycles. The van der Waals surface area contributed by atoms with Crippen molar-refractivity contribution in [2.24, 2.45) is 5.92 Å². The maximum atomic E-state index is 6.36. The highest BCUT2D eigenvalue weighted by Gasteiger charge is 2.27. The van der Waals surface area contributed by atoms with Gasteiger partial charge in [0.05, 0.1) is 5.52 Å². The van der Waals surface area contributed by atoms with E-state index in [1.165, 1.54) is 5.57 Å². The van der Waals surface area contributed by atoms with Crippen molar-refractivity contribution in [3.05, 3.63) is 58.3 Å². The van der Waals surface area contributed by atoms with Gasteiger partial charge in [0.1, 0.15) is 24.7 Å². The second kappa shape index (κ2) is 8.97. The first-order valence-corrected chi connectivity index (χ1v) is 12.0. The Labute approximate surface area is 198 Å². The lowest BCUT2D eigenvalue weighted by atomic mass is 10.0. The summed E-state index contributed by atoms with van der Waals surface area (Å²) in [5.41, 5.74) is 4.48. The molecule has 2 aromatic carbocycles. The van der Waals surface area contributed by atoms with E-state index in [-0.39, 0.29) is 6.04 Å². The van der Waals surface area contributed by atoms with E-state index in [1.807, 2.05) is 16.8 Å². The van der Waals surface area contributed by atoms with Crippen molar-refractivity contribution in [2.75, 3.05) is 32.1 Å². The average molecular weight is 472 g/mol. The van der Waals surface area contributed by atoms with Gasteiger partial charge in [-0.25, -0.2) is 0 Å². The van der Waals surface area contributed by atoms with E-state index in [0.29, 0.717) is 24.3 Å². The predicted molar refractivity (Wildman–Crippen MR) is 130 cm³/mol. The average Bonchev–Trinajstić information content (AvgIpc) is 3.10. The minimum absolute atomic E-state index is 0.255. The molecule has 32 heavy (non-hydrogen) atoms. The largest absolute Gasteiger partial charge is 0.489 e. The molecule has 0 spiro atoms. The lowest BCUT2D eigenvalue weighted by molar-refractivity contribution is 0.124. The molecule has 0 unspecified atom stereocenters. The standard InChI is InChI=1S/C25H27Cl2N3O2/c1-16(2)30-23-6-3-17(8-22(23)25(27)28-30)14-31-21-5-4-20-7-18(15-32-24(20)9-21)11-29-12-19(10-26)13-29/h3-9,16,19H,10-15H2,1-2H3. The number of nitrogens with zero attached hydrogens (tertiary/aromatic N) is 3. The summed E-state index contributed by atoms with van der Waals surface area (Å²) in [5, 5.41) is 5.92. The van der Waals surface area contributed by atoms with Crippen molar-refractivity contribution in [3.8, 4) is 11.5 Å². The summed E-state index contributed by atoms with van der Waals surface area (Å²) in [6.07, 6.45) is 2.24. The summed E-state index contributed by atoms with van der Waals surface area (Å²) in [4.78, 5) is 2.42. The Morgan fingerprint density at radius 2 is 2.03 bits per heavy atom. The second-order valence-electron chi connectivity index (χ2n) is 8.97. The summed E-state index contributed by atoms with van der Waals surface area (Å²) in [6, 6.07) is 12.5. The number of hydrogen-bond donors (Lipinski definition) is 0. The van der Waals surface area contributed by atoms with E-state index >= 15 is 0 Å². The third-order valence-corrected chi connectivity index (χ3v) is 6.77. The molecule has 0 N–H and O–H groups in total. The quantitative estimate of drug-likeness (QED) is 0.408. The van der Waals surface area contributed by atoms with Crippen LogP contribution in [0.25, 0.3) is 17.0 Å². The van der Waals surface area contributed by atoms with Crippen molar-refractivity contribution in [1.82, 2.24) is 14.7 Å². The van der Waals surface area contributed by atoms with Crippen LogP contribution in [-0.4, -0.2) is 46.8 Å². The van der Waals surface area contributed by atoms with Crippen LogP contribution >= 0.6 is 23.2 Å². The van der Waals surface area contributed by atoms with Gasteiger partial charge < -0.3 is 9.47 Å². The molecule has 7 heteroatoms. The molecular weight excluding hydrogens is 445 g/mol. The van der Waals surface area contributed by atoms with Crippen LogP contribution < -0.4 is 9.47 Å². The maximum absolute atomic E-state index is 6.36. The number of aromatic nitrogens is 2. The molecule has 0 amide bonds. The lowest BCUT2D eigenvalue weighted by Gasteiger charge is -2.39. The van der Waals surface area contributed by atoms with Crippen LogP contribution in [0.1, 0.15) is 31.0 Å². The van der Waals surface area contributed by atoms with Gasteiger partial charge in [0.25, 0.3) is 0 Å². The Balaban J connectivity index is 1.24. The van der Waals surface area contributed by atoms with Gasteiger partial charge >= 0.3 is 0 Å². The molecule has 168 valence electrons. The van der Waals surface area contributed by atoms with Crippen molar-refractivity contribution in [1.29, 1.82) is 0 Å². The molecule has 3 heterocycles. The molecule has 5 nitrogen and oxygen atoms in total. The molecule has 2 aliphatic heterocycles. The first-order chi connectivity index (χ1) is 15.5. The number of rotatable bonds is 7. The molecule has 0 aliphatic carbocycles. The van der Waals surface area contributed by atoms with Crippen molar-refractivity contribution in [2.45, 2.75) is 26.5 Å². The smallest absolute Gasteiger partial charge is 0.158 e. The predicted octanol–water partition coefficient (Wildman–Crippen LogP) is 5.80. The van der Waals surface area contributed by atoms with Gasteiger partial charge in [-0.1, -0.05) is 17.7 Å². The number of benzene rings is 2. The Kier molecular flexibility index (Phi) is 6.06. The van der Waals surface area contributed by atoms with Gasteiger partial charge in [-0.2, -0.15) is 5.10 Å². The monoisotopic (exact) mass is 471 g/mol. The van der Waals surface area contributed by atoms with Crippen LogP contribution in [0.4, 0.5) is 0 Å². The fourth-order valence-corrected chi connectivity index (χ4v) is 4.79. The molecule has 1 saturated heterocycles. The van der Waals surface area contributed by atoms with E-state index in [9.17, 15) is 0 Å². The van der Waals surface area contributed by atoms with Crippen molar-refractivity contribution in [3.63, 3.8) is 0 Å². The first-order valence-electron chi connectivity index (χ1n) is 11.0. The Morgan fingerprint density at radius 1 is 1.19 bits per heavy atom.